The van der Waals surface area contributed by atoms with Crippen molar-refractivity contribution >= 4 is 64.8 Å². The zero-order chi connectivity index (χ0) is 58.9. The fraction of sp³-hybridized carbons (Fsp3) is 0.613. The van der Waals surface area contributed by atoms with Gasteiger partial charge < -0.3 is 50.3 Å². The number of hydrogen-bond acceptors (Lipinski definition) is 12. The van der Waals surface area contributed by atoms with Crippen LogP contribution in [0.3, 0.4) is 0 Å². The largest absolute Gasteiger partial charge is 0.444 e. The van der Waals surface area contributed by atoms with Crippen LogP contribution in [0.25, 0.3) is 11.0 Å². The van der Waals surface area contributed by atoms with Crippen molar-refractivity contribution in [3.05, 3.63) is 88.8 Å². The summed E-state index contributed by atoms with van der Waals surface area (Å²) >= 11 is 6.22. The summed E-state index contributed by atoms with van der Waals surface area (Å²) in [6.07, 6.45) is 15.9. The van der Waals surface area contributed by atoms with Gasteiger partial charge >= 0.3 is 12.2 Å². The molecule has 20 heteroatoms. The van der Waals surface area contributed by atoms with E-state index in [0.29, 0.717) is 69.5 Å². The van der Waals surface area contributed by atoms with E-state index in [2.05, 4.69) is 72.3 Å². The topological polar surface area (TPSA) is 230 Å². The molecule has 4 heterocycles. The molecule has 4 fully saturated rings. The molecule has 19 nitrogen and oxygen atoms in total. The van der Waals surface area contributed by atoms with Crippen LogP contribution >= 0.6 is 11.6 Å². The standard InChI is InChI=1S/C40H57ClN8O6.C22H32N2O3/c1-39(2,3)55-38(53)48-40(18-22-49(23-19-40)35-31-16-21-42-34(31)44-26-45-35)37(52)47-32(28-12-14-30(41)15-13-28)17-25-54-24-9-5-8-20-43-36(51)33(46-27-50)29-10-6-4-7-11-29;1-16-7-5-8-17(13-16)18-9-6-12-23(14-18)20(25)15-24(19-10-11-19)21(26)27-22(2,3)4/h12-16,21,26-27,29,32-33H,4-11,17-20,22-25H2,1-3H3,(H,43,51)(H,46,50)(H,47,52)(H,48,53)(H,42,44,45);5,7-8,13,18-19H,6,9-12,14-15H2,1-4H3. The summed E-state index contributed by atoms with van der Waals surface area (Å²) in [4.78, 5) is 94.6. The molecule has 2 saturated heterocycles. The summed E-state index contributed by atoms with van der Waals surface area (Å²) < 4.78 is 17.2. The number of hydrogen-bond donors (Lipinski definition) is 5. The van der Waals surface area contributed by atoms with Crippen molar-refractivity contribution in [3.8, 4) is 0 Å². The molecule has 2 saturated carbocycles. The number of fused-ring (bicyclic) bond motifs is 1. The Kier molecular flexibility index (Phi) is 22.8. The number of carbonyl (C=O) groups excluding carboxylic acids is 6. The Morgan fingerprint density at radius 1 is 0.854 bits per heavy atom. The van der Waals surface area contributed by atoms with Crippen molar-refractivity contribution in [2.75, 3.05) is 57.4 Å². The third kappa shape index (κ3) is 19.0. The number of nitrogens with zero attached hydrogens (tertiary/aromatic N) is 5. The van der Waals surface area contributed by atoms with Crippen LogP contribution in [0.4, 0.5) is 15.4 Å². The van der Waals surface area contributed by atoms with E-state index < -0.39 is 34.9 Å². The van der Waals surface area contributed by atoms with E-state index >= 15 is 0 Å². The number of H-pyrrole nitrogens is 1. The fourth-order valence-electron chi connectivity index (χ4n) is 11.2. The monoisotopic (exact) mass is 1150 g/mol. The number of anilines is 1. The van der Waals surface area contributed by atoms with Crippen LogP contribution in [0.2, 0.25) is 5.02 Å². The lowest BCUT2D eigenvalue weighted by Crippen LogP contribution is -2.64. The Balaban J connectivity index is 0.000000298. The Morgan fingerprint density at radius 3 is 2.27 bits per heavy atom. The Labute approximate surface area is 489 Å². The molecule has 8 rings (SSSR count). The maximum atomic E-state index is 14.4. The van der Waals surface area contributed by atoms with Gasteiger partial charge in [-0.1, -0.05) is 72.8 Å². The molecule has 6 amide bonds. The van der Waals surface area contributed by atoms with Crippen molar-refractivity contribution in [2.45, 2.75) is 186 Å². The number of rotatable bonds is 22. The smallest absolute Gasteiger partial charge is 0.411 e. The van der Waals surface area contributed by atoms with Gasteiger partial charge in [0, 0.05) is 69.1 Å². The number of piperidine rings is 2. The molecule has 2 aromatic heterocycles. The average Bonchev–Trinajstić information content (AvgIpc) is 4.30. The molecule has 4 aliphatic rings. The molecule has 2 aliphatic carbocycles. The molecule has 0 bridgehead atoms. The number of amides is 6. The van der Waals surface area contributed by atoms with E-state index in [1.54, 1.807) is 37.8 Å². The van der Waals surface area contributed by atoms with Crippen LogP contribution in [0.1, 0.15) is 167 Å². The van der Waals surface area contributed by atoms with Crippen molar-refractivity contribution in [1.82, 2.24) is 46.0 Å². The average molecular weight is 1150 g/mol. The number of ether oxygens (including phenoxy) is 3. The molecule has 448 valence electrons. The maximum Gasteiger partial charge on any atom is 0.411 e. The predicted molar refractivity (Wildman–Crippen MR) is 317 cm³/mol. The minimum Gasteiger partial charge on any atom is -0.444 e. The minimum atomic E-state index is -1.23. The van der Waals surface area contributed by atoms with E-state index in [1.807, 2.05) is 50.1 Å². The minimum absolute atomic E-state index is 0.0325. The van der Waals surface area contributed by atoms with Crippen molar-refractivity contribution in [2.24, 2.45) is 5.92 Å². The van der Waals surface area contributed by atoms with E-state index in [9.17, 15) is 28.8 Å². The summed E-state index contributed by atoms with van der Waals surface area (Å²) in [7, 11) is 0. The number of alkyl carbamates (subject to hydrolysis) is 1. The summed E-state index contributed by atoms with van der Waals surface area (Å²) in [5, 5.41) is 13.4. The summed E-state index contributed by atoms with van der Waals surface area (Å²) in [6.45, 7) is 17.1. The van der Waals surface area contributed by atoms with E-state index in [-0.39, 0.29) is 42.3 Å². The maximum absolute atomic E-state index is 14.4. The second-order valence-corrected chi connectivity index (χ2v) is 25.0. The van der Waals surface area contributed by atoms with Gasteiger partial charge in [-0.2, -0.15) is 0 Å². The second kappa shape index (κ2) is 29.7. The first-order chi connectivity index (χ1) is 39.2. The number of aromatic amines is 1. The summed E-state index contributed by atoms with van der Waals surface area (Å²) in [6, 6.07) is 17.1. The van der Waals surface area contributed by atoms with Crippen molar-refractivity contribution in [3.63, 3.8) is 0 Å². The molecule has 0 spiro atoms. The van der Waals surface area contributed by atoms with Crippen LogP contribution < -0.4 is 26.2 Å². The Morgan fingerprint density at radius 2 is 1.59 bits per heavy atom. The van der Waals surface area contributed by atoms with Gasteiger partial charge in [0.2, 0.25) is 24.1 Å². The molecule has 4 aromatic rings. The number of aryl methyl sites for hydroxylation is 1. The summed E-state index contributed by atoms with van der Waals surface area (Å²) in [5.74, 6) is 0.962. The lowest BCUT2D eigenvalue weighted by atomic mass is 9.83. The number of halogens is 1. The van der Waals surface area contributed by atoms with Gasteiger partial charge in [0.05, 0.1) is 11.4 Å². The molecule has 5 N–H and O–H groups in total. The van der Waals surface area contributed by atoms with Crippen LogP contribution in [-0.4, -0.2) is 142 Å². The summed E-state index contributed by atoms with van der Waals surface area (Å²) in [5.41, 5.74) is 1.63. The predicted octanol–water partition coefficient (Wildman–Crippen LogP) is 9.82. The molecule has 0 radical (unpaired) electrons. The van der Waals surface area contributed by atoms with Crippen LogP contribution in [0, 0.1) is 12.8 Å². The Bertz CT molecular complexity index is 2730. The van der Waals surface area contributed by atoms with Crippen LogP contribution in [0.5, 0.6) is 0 Å². The van der Waals surface area contributed by atoms with Crippen LogP contribution in [0.15, 0.2) is 67.1 Å². The van der Waals surface area contributed by atoms with Gasteiger partial charge in [0.25, 0.3) is 0 Å². The normalized spacial score (nSPS) is 18.2. The Hall–Kier alpha value is -6.47. The van der Waals surface area contributed by atoms with Gasteiger partial charge in [-0.3, -0.25) is 24.1 Å². The molecule has 2 aliphatic heterocycles. The lowest BCUT2D eigenvalue weighted by molar-refractivity contribution is -0.133. The van der Waals surface area contributed by atoms with Gasteiger partial charge in [-0.05, 0) is 161 Å². The second-order valence-electron chi connectivity index (χ2n) is 24.6. The SMILES string of the molecule is CC(C)(C)OC(=O)NC1(C(=O)NC(CCOCCCCCNC(=O)C(NC=O)C2CCCCC2)c2ccc(Cl)cc2)CCN(c2ncnc3[nH]ccc23)CC1.Cc1cccc(C2CCCN(C(=O)CN(C(=O)OC(C)(C)C)C3CC3)C2)c1. The quantitative estimate of drug-likeness (QED) is 0.0366. The number of unbranched alkanes of at least 4 members (excludes halogenated alkanes) is 2. The molecular weight excluding hydrogens is 1060 g/mol. The zero-order valence-electron chi connectivity index (χ0n) is 49.4. The fourth-order valence-corrected chi connectivity index (χ4v) is 11.4. The van der Waals surface area contributed by atoms with Gasteiger partial charge in [-0.25, -0.2) is 19.6 Å². The highest BCUT2D eigenvalue weighted by Gasteiger charge is 2.45. The third-order valence-electron chi connectivity index (χ3n) is 15.7. The lowest BCUT2D eigenvalue weighted by Gasteiger charge is -2.42. The number of benzene rings is 2. The van der Waals surface area contributed by atoms with Crippen molar-refractivity contribution in [1.29, 1.82) is 0 Å². The number of carbonyl (C=O) groups is 6. The van der Waals surface area contributed by atoms with Gasteiger partial charge in [0.1, 0.15) is 47.1 Å². The number of nitrogens with one attached hydrogen (secondary N) is 5. The van der Waals surface area contributed by atoms with Gasteiger partial charge in [0.15, 0.2) is 0 Å². The molecule has 2 aromatic carbocycles. The highest BCUT2D eigenvalue weighted by Crippen LogP contribution is 2.34. The molecule has 3 unspecified atom stereocenters. The molecule has 82 heavy (non-hydrogen) atoms. The van der Waals surface area contributed by atoms with Crippen molar-refractivity contribution < 1.29 is 43.0 Å². The first-order valence-electron chi connectivity index (χ1n) is 29.7. The van der Waals surface area contributed by atoms with E-state index in [1.165, 1.54) is 23.9 Å². The first-order valence-corrected chi connectivity index (χ1v) is 30.1. The highest BCUT2D eigenvalue weighted by molar-refractivity contribution is 6.30. The van der Waals surface area contributed by atoms with Crippen LogP contribution in [-0.2, 0) is 33.4 Å². The molecular formula is C62H89ClN10O9. The van der Waals surface area contributed by atoms with E-state index in [0.717, 1.165) is 106 Å². The first kappa shape index (κ1) is 63.1. The highest BCUT2D eigenvalue weighted by atomic mass is 35.5. The number of aromatic nitrogens is 3. The third-order valence-corrected chi connectivity index (χ3v) is 15.9. The molecule has 3 atom stereocenters. The zero-order valence-corrected chi connectivity index (χ0v) is 50.1. The van der Waals surface area contributed by atoms with Gasteiger partial charge in [-0.15, -0.1) is 0 Å². The van der Waals surface area contributed by atoms with E-state index in [4.69, 9.17) is 25.8 Å². The number of likely N-dealkylation sites (tertiary alicyclic amines) is 1.